The molecule has 2 N–H and O–H groups in total. The fraction of sp³-hybridized carbons (Fsp3) is 0.125. The lowest BCUT2D eigenvalue weighted by molar-refractivity contribution is -0.384. The van der Waals surface area contributed by atoms with E-state index in [-0.39, 0.29) is 11.6 Å². The Bertz CT molecular complexity index is 762. The van der Waals surface area contributed by atoms with Gasteiger partial charge in [-0.2, -0.15) is 5.10 Å². The van der Waals surface area contributed by atoms with Crippen LogP contribution in [0.25, 0.3) is 0 Å². The van der Waals surface area contributed by atoms with Crippen LogP contribution in [0.2, 0.25) is 5.02 Å². The molecule has 124 valence electrons. The molecule has 24 heavy (non-hydrogen) atoms. The molecule has 0 bridgehead atoms. The number of hydrogen-bond donors (Lipinski definition) is 2. The Morgan fingerprint density at radius 3 is 2.67 bits per heavy atom. The van der Waals surface area contributed by atoms with Crippen LogP contribution in [-0.4, -0.2) is 23.1 Å². The maximum Gasteiger partial charge on any atom is 0.270 e. The van der Waals surface area contributed by atoms with Crippen molar-refractivity contribution in [3.63, 3.8) is 0 Å². The van der Waals surface area contributed by atoms with E-state index in [1.54, 1.807) is 43.3 Å². The summed E-state index contributed by atoms with van der Waals surface area (Å²) in [6.07, 6.45) is 1.35. The molecule has 0 fully saturated rings. The van der Waals surface area contributed by atoms with E-state index in [1.165, 1.54) is 18.3 Å². The number of nitro benzene ring substituents is 1. The standard InChI is InChI=1S/C16H15ClN4O3/c1-11(19-14-7-5-13(17)6-8-14)16(22)20-18-10-12-3-2-4-15(9-12)21(23)24/h2-11,19H,1H3,(H,20,22)/b18-10-/t11-/m0/s1. The molecule has 0 spiro atoms. The monoisotopic (exact) mass is 346 g/mol. The molecule has 1 atom stereocenters. The summed E-state index contributed by atoms with van der Waals surface area (Å²) in [5.41, 5.74) is 3.62. The molecule has 1 amide bonds. The first-order chi connectivity index (χ1) is 11.5. The smallest absolute Gasteiger partial charge is 0.270 e. The number of amides is 1. The summed E-state index contributed by atoms with van der Waals surface area (Å²) >= 11 is 5.80. The predicted octanol–water partition coefficient (Wildman–Crippen LogP) is 3.20. The number of non-ortho nitro benzene ring substituents is 1. The molecule has 0 aliphatic carbocycles. The number of carbonyl (C=O) groups excluding carboxylic acids is 1. The number of rotatable bonds is 6. The van der Waals surface area contributed by atoms with Gasteiger partial charge in [0.15, 0.2) is 0 Å². The van der Waals surface area contributed by atoms with E-state index in [9.17, 15) is 14.9 Å². The van der Waals surface area contributed by atoms with Gasteiger partial charge >= 0.3 is 0 Å². The van der Waals surface area contributed by atoms with Crippen molar-refractivity contribution in [1.29, 1.82) is 0 Å². The molecule has 0 heterocycles. The number of benzene rings is 2. The molecule has 0 aliphatic heterocycles. The number of hydrogen-bond acceptors (Lipinski definition) is 5. The van der Waals surface area contributed by atoms with Crippen LogP contribution in [0.1, 0.15) is 12.5 Å². The Hall–Kier alpha value is -2.93. The maximum absolute atomic E-state index is 12.0. The molecule has 0 saturated carbocycles. The van der Waals surface area contributed by atoms with Gasteiger partial charge in [0.25, 0.3) is 11.6 Å². The van der Waals surface area contributed by atoms with Gasteiger partial charge in [0.1, 0.15) is 6.04 Å². The number of nitrogens with one attached hydrogen (secondary N) is 2. The number of nitro groups is 1. The van der Waals surface area contributed by atoms with Gasteiger partial charge < -0.3 is 5.32 Å². The zero-order valence-electron chi connectivity index (χ0n) is 12.8. The highest BCUT2D eigenvalue weighted by molar-refractivity contribution is 6.30. The fourth-order valence-corrected chi connectivity index (χ4v) is 1.97. The van der Waals surface area contributed by atoms with Gasteiger partial charge in [0.2, 0.25) is 0 Å². The van der Waals surface area contributed by atoms with E-state index in [0.717, 1.165) is 5.69 Å². The molecule has 0 aromatic heterocycles. The van der Waals surface area contributed by atoms with E-state index in [0.29, 0.717) is 10.6 Å². The average molecular weight is 347 g/mol. The van der Waals surface area contributed by atoms with Crippen molar-refractivity contribution in [1.82, 2.24) is 5.43 Å². The second-order valence-electron chi connectivity index (χ2n) is 4.96. The molecule has 0 aliphatic rings. The van der Waals surface area contributed by atoms with Crippen LogP contribution in [0.5, 0.6) is 0 Å². The fourth-order valence-electron chi connectivity index (χ4n) is 1.85. The topological polar surface area (TPSA) is 96.6 Å². The maximum atomic E-state index is 12.0. The zero-order chi connectivity index (χ0) is 17.5. The highest BCUT2D eigenvalue weighted by atomic mass is 35.5. The molecule has 2 rings (SSSR count). The normalized spacial score (nSPS) is 11.9. The lowest BCUT2D eigenvalue weighted by Gasteiger charge is -2.13. The minimum atomic E-state index is -0.520. The number of hydrazone groups is 1. The third-order valence-corrected chi connectivity index (χ3v) is 3.34. The van der Waals surface area contributed by atoms with Crippen molar-refractivity contribution in [2.24, 2.45) is 5.10 Å². The van der Waals surface area contributed by atoms with E-state index >= 15 is 0 Å². The molecule has 2 aromatic rings. The quantitative estimate of drug-likeness (QED) is 0.477. The molecular weight excluding hydrogens is 332 g/mol. The Kier molecular flexibility index (Phi) is 5.86. The number of halogens is 1. The SMILES string of the molecule is C[C@H](Nc1ccc(Cl)cc1)C(=O)N/N=C\c1cccc([N+](=O)[O-])c1. The summed E-state index contributed by atoms with van der Waals surface area (Å²) in [5.74, 6) is -0.341. The van der Waals surface area contributed by atoms with E-state index in [4.69, 9.17) is 11.6 Å². The van der Waals surface area contributed by atoms with Crippen molar-refractivity contribution in [3.8, 4) is 0 Å². The Labute approximate surface area is 143 Å². The summed E-state index contributed by atoms with van der Waals surface area (Å²) < 4.78 is 0. The van der Waals surface area contributed by atoms with Crippen LogP contribution in [0.3, 0.4) is 0 Å². The predicted molar refractivity (Wildman–Crippen MR) is 93.4 cm³/mol. The minimum absolute atomic E-state index is 0.0388. The van der Waals surface area contributed by atoms with Crippen molar-refractivity contribution < 1.29 is 9.72 Å². The Balaban J connectivity index is 1.90. The molecule has 8 heteroatoms. The van der Waals surface area contributed by atoms with Crippen molar-refractivity contribution in [2.75, 3.05) is 5.32 Å². The van der Waals surface area contributed by atoms with Gasteiger partial charge in [-0.15, -0.1) is 0 Å². The second-order valence-corrected chi connectivity index (χ2v) is 5.40. The van der Waals surface area contributed by atoms with Crippen molar-refractivity contribution >= 4 is 35.1 Å². The average Bonchev–Trinajstić information content (AvgIpc) is 2.57. The lowest BCUT2D eigenvalue weighted by Crippen LogP contribution is -2.34. The summed E-state index contributed by atoms with van der Waals surface area (Å²) in [7, 11) is 0. The highest BCUT2D eigenvalue weighted by Crippen LogP contribution is 2.14. The Morgan fingerprint density at radius 2 is 2.00 bits per heavy atom. The molecule has 2 aromatic carbocycles. The molecule has 7 nitrogen and oxygen atoms in total. The third kappa shape index (κ3) is 5.06. The van der Waals surface area contributed by atoms with Crippen LogP contribution in [0.15, 0.2) is 53.6 Å². The summed E-state index contributed by atoms with van der Waals surface area (Å²) in [4.78, 5) is 22.2. The second kappa shape index (κ2) is 8.07. The summed E-state index contributed by atoms with van der Waals surface area (Å²) in [6, 6.07) is 12.4. The first kappa shape index (κ1) is 17.4. The Morgan fingerprint density at radius 1 is 1.29 bits per heavy atom. The lowest BCUT2D eigenvalue weighted by atomic mass is 10.2. The van der Waals surface area contributed by atoms with Crippen LogP contribution >= 0.6 is 11.6 Å². The van der Waals surface area contributed by atoms with E-state index in [2.05, 4.69) is 15.8 Å². The number of nitrogens with zero attached hydrogens (tertiary/aromatic N) is 2. The van der Waals surface area contributed by atoms with Gasteiger partial charge in [0.05, 0.1) is 11.1 Å². The summed E-state index contributed by atoms with van der Waals surface area (Å²) in [5, 5.41) is 18.1. The molecular formula is C16H15ClN4O3. The highest BCUT2D eigenvalue weighted by Gasteiger charge is 2.11. The molecule has 0 radical (unpaired) electrons. The van der Waals surface area contributed by atoms with Gasteiger partial charge in [0, 0.05) is 28.4 Å². The number of anilines is 1. The molecule has 0 unspecified atom stereocenters. The van der Waals surface area contributed by atoms with Gasteiger partial charge in [-0.25, -0.2) is 5.43 Å². The van der Waals surface area contributed by atoms with Gasteiger partial charge in [-0.1, -0.05) is 23.7 Å². The van der Waals surface area contributed by atoms with Crippen molar-refractivity contribution in [2.45, 2.75) is 13.0 Å². The van der Waals surface area contributed by atoms with Crippen LogP contribution in [0, 0.1) is 10.1 Å². The van der Waals surface area contributed by atoms with Crippen molar-refractivity contribution in [3.05, 3.63) is 69.2 Å². The molecule has 0 saturated heterocycles. The van der Waals surface area contributed by atoms with Crippen LogP contribution < -0.4 is 10.7 Å². The van der Waals surface area contributed by atoms with E-state index < -0.39 is 11.0 Å². The third-order valence-electron chi connectivity index (χ3n) is 3.09. The first-order valence-corrected chi connectivity index (χ1v) is 7.43. The summed E-state index contributed by atoms with van der Waals surface area (Å²) in [6.45, 7) is 1.69. The zero-order valence-corrected chi connectivity index (χ0v) is 13.5. The first-order valence-electron chi connectivity index (χ1n) is 7.05. The van der Waals surface area contributed by atoms with Gasteiger partial charge in [-0.3, -0.25) is 14.9 Å². The van der Waals surface area contributed by atoms with E-state index in [1.807, 2.05) is 0 Å². The number of carbonyl (C=O) groups is 1. The van der Waals surface area contributed by atoms with Gasteiger partial charge in [-0.05, 0) is 31.2 Å². The minimum Gasteiger partial charge on any atom is -0.374 e. The largest absolute Gasteiger partial charge is 0.374 e. The van der Waals surface area contributed by atoms with Crippen LogP contribution in [-0.2, 0) is 4.79 Å². The van der Waals surface area contributed by atoms with Crippen LogP contribution in [0.4, 0.5) is 11.4 Å².